The molecule has 0 unspecified atom stereocenters. The predicted molar refractivity (Wildman–Crippen MR) is 136 cm³/mol. The third-order valence-electron chi connectivity index (χ3n) is 7.07. The van der Waals surface area contributed by atoms with Gasteiger partial charge in [0.1, 0.15) is 17.6 Å². The van der Waals surface area contributed by atoms with Crippen LogP contribution in [-0.2, 0) is 29.1 Å². The summed E-state index contributed by atoms with van der Waals surface area (Å²) in [6.07, 6.45) is 2.09. The Morgan fingerprint density at radius 3 is 2.21 bits per heavy atom. The molecule has 1 atom stereocenters. The van der Waals surface area contributed by atoms with Crippen molar-refractivity contribution in [2.45, 2.75) is 17.4 Å². The van der Waals surface area contributed by atoms with E-state index < -0.39 is 27.8 Å². The molecule has 1 amide bonds. The number of Topliss-reactive ketones (excluding diaryl/α,β-unsaturated/α-hetero) is 1. The zero-order valence-corrected chi connectivity index (χ0v) is 21.8. The van der Waals surface area contributed by atoms with Crippen LogP contribution in [0, 0.1) is 0 Å². The number of nitrogens with zero attached hydrogens (tertiary/aromatic N) is 3. The number of morpholine rings is 2. The topological polar surface area (TPSA) is 130 Å². The highest BCUT2D eigenvalue weighted by Crippen LogP contribution is 2.39. The molecule has 3 aliphatic heterocycles. The second-order valence-corrected chi connectivity index (χ2v) is 11.3. The zero-order chi connectivity index (χ0) is 26.7. The number of sulfonamides is 1. The molecule has 12 heteroatoms. The quantitative estimate of drug-likeness (QED) is 0.298. The van der Waals surface area contributed by atoms with Crippen LogP contribution in [0.3, 0.4) is 0 Å². The number of hydrogen-bond donors (Lipinski definition) is 1. The van der Waals surface area contributed by atoms with Crippen LogP contribution in [0.2, 0.25) is 0 Å². The first kappa shape index (κ1) is 26.6. The summed E-state index contributed by atoms with van der Waals surface area (Å²) in [4.78, 5) is 30.0. The molecule has 0 spiro atoms. The van der Waals surface area contributed by atoms with Crippen molar-refractivity contribution in [3.05, 3.63) is 59.6 Å². The van der Waals surface area contributed by atoms with Gasteiger partial charge in [0.25, 0.3) is 11.7 Å². The number of ether oxygens (including phenoxy) is 2. The molecule has 3 saturated heterocycles. The van der Waals surface area contributed by atoms with Crippen LogP contribution in [0.15, 0.2) is 57.5 Å². The third kappa shape index (κ3) is 5.27. The van der Waals surface area contributed by atoms with E-state index in [0.717, 1.165) is 19.6 Å². The highest BCUT2D eigenvalue weighted by Gasteiger charge is 2.47. The number of likely N-dealkylation sites (tertiary alicyclic amines) is 1. The van der Waals surface area contributed by atoms with Gasteiger partial charge in [0.15, 0.2) is 0 Å². The van der Waals surface area contributed by atoms with Crippen LogP contribution in [-0.4, -0.2) is 105 Å². The Labute approximate surface area is 221 Å². The Balaban J connectivity index is 1.40. The van der Waals surface area contributed by atoms with Crippen molar-refractivity contribution in [3.63, 3.8) is 0 Å². The first-order chi connectivity index (χ1) is 18.4. The lowest BCUT2D eigenvalue weighted by molar-refractivity contribution is -0.140. The number of carbonyl (C=O) groups excluding carboxylic acids is 2. The van der Waals surface area contributed by atoms with Crippen LogP contribution in [0.1, 0.15) is 23.8 Å². The molecule has 204 valence electrons. The molecule has 0 aliphatic carbocycles. The molecule has 2 aromatic rings. The predicted octanol–water partition coefficient (Wildman–Crippen LogP) is 1.44. The lowest BCUT2D eigenvalue weighted by Gasteiger charge is -2.28. The molecule has 1 N–H and O–H groups in total. The average Bonchev–Trinajstić information content (AvgIpc) is 3.57. The lowest BCUT2D eigenvalue weighted by atomic mass is 9.99. The van der Waals surface area contributed by atoms with E-state index in [0.29, 0.717) is 45.2 Å². The molecule has 3 fully saturated rings. The van der Waals surface area contributed by atoms with Crippen LogP contribution in [0.5, 0.6) is 0 Å². The van der Waals surface area contributed by atoms with E-state index in [1.165, 1.54) is 39.7 Å². The molecule has 38 heavy (non-hydrogen) atoms. The first-order valence-corrected chi connectivity index (χ1v) is 14.1. The van der Waals surface area contributed by atoms with E-state index in [1.54, 1.807) is 12.1 Å². The largest absolute Gasteiger partial charge is 0.507 e. The van der Waals surface area contributed by atoms with E-state index in [2.05, 4.69) is 4.90 Å². The second-order valence-electron chi connectivity index (χ2n) is 9.36. The summed E-state index contributed by atoms with van der Waals surface area (Å²) in [7, 11) is -3.72. The van der Waals surface area contributed by atoms with E-state index in [-0.39, 0.29) is 34.9 Å². The fraction of sp³-hybridized carbons (Fsp3) is 0.462. The summed E-state index contributed by atoms with van der Waals surface area (Å²) in [5, 5.41) is 11.2. The average molecular weight is 546 g/mol. The maximum absolute atomic E-state index is 13.1. The molecule has 3 aliphatic rings. The summed E-state index contributed by atoms with van der Waals surface area (Å²) in [6.45, 7) is 5.22. The van der Waals surface area contributed by atoms with Crippen molar-refractivity contribution in [1.29, 1.82) is 0 Å². The summed E-state index contributed by atoms with van der Waals surface area (Å²) in [6, 6.07) is 8.10. The van der Waals surface area contributed by atoms with Crippen molar-refractivity contribution in [2.24, 2.45) is 0 Å². The summed E-state index contributed by atoms with van der Waals surface area (Å²) in [5.41, 5.74) is 0.147. The van der Waals surface area contributed by atoms with Crippen molar-refractivity contribution in [1.82, 2.24) is 14.1 Å². The highest BCUT2D eigenvalue weighted by molar-refractivity contribution is 7.89. The second kappa shape index (κ2) is 11.4. The van der Waals surface area contributed by atoms with Gasteiger partial charge in [0.05, 0.1) is 43.2 Å². The molecule has 5 rings (SSSR count). The Hall–Kier alpha value is -3.03. The van der Waals surface area contributed by atoms with Crippen molar-refractivity contribution in [2.75, 3.05) is 65.7 Å². The molecular weight excluding hydrogens is 514 g/mol. The van der Waals surface area contributed by atoms with E-state index in [1.807, 2.05) is 0 Å². The number of furan rings is 1. The third-order valence-corrected chi connectivity index (χ3v) is 8.98. The van der Waals surface area contributed by atoms with Crippen LogP contribution in [0.25, 0.3) is 5.76 Å². The van der Waals surface area contributed by atoms with Gasteiger partial charge in [-0.15, -0.1) is 0 Å². The monoisotopic (exact) mass is 545 g/mol. The van der Waals surface area contributed by atoms with Gasteiger partial charge >= 0.3 is 0 Å². The fourth-order valence-electron chi connectivity index (χ4n) is 5.02. The van der Waals surface area contributed by atoms with E-state index >= 15 is 0 Å². The van der Waals surface area contributed by atoms with E-state index in [4.69, 9.17) is 13.9 Å². The smallest absolute Gasteiger partial charge is 0.295 e. The van der Waals surface area contributed by atoms with E-state index in [9.17, 15) is 23.1 Å². The summed E-state index contributed by atoms with van der Waals surface area (Å²) < 4.78 is 43.4. The van der Waals surface area contributed by atoms with Gasteiger partial charge < -0.3 is 23.9 Å². The standard InChI is InChI=1S/C26H31N3O8S/c30-24(19-4-6-20(7-5-19)38(33,34)28-12-17-36-18-13-28)22-23(21-3-1-14-37-21)29(26(32)25(22)31)9-2-8-27-10-15-35-16-11-27/h1,3-7,14,23,30H,2,8-13,15-18H2/t23-/m0/s1. The SMILES string of the molecule is O=C1C(=O)N(CCCN2CCOCC2)[C@@H](c2ccco2)C1=C(O)c1ccc(S(=O)(=O)N2CCOCC2)cc1. The van der Waals surface area contributed by atoms with Gasteiger partial charge in [-0.1, -0.05) is 0 Å². The number of aliphatic hydroxyl groups excluding tert-OH is 1. The van der Waals surface area contributed by atoms with Crippen molar-refractivity contribution >= 4 is 27.5 Å². The Morgan fingerprint density at radius 2 is 1.58 bits per heavy atom. The van der Waals surface area contributed by atoms with Gasteiger partial charge in [-0.25, -0.2) is 8.42 Å². The van der Waals surface area contributed by atoms with Gasteiger partial charge in [-0.3, -0.25) is 14.5 Å². The number of amides is 1. The molecule has 0 radical (unpaired) electrons. The molecule has 11 nitrogen and oxygen atoms in total. The van der Waals surface area contributed by atoms with Crippen LogP contribution >= 0.6 is 0 Å². The van der Waals surface area contributed by atoms with Crippen LogP contribution < -0.4 is 0 Å². The Bertz CT molecular complexity index is 1280. The van der Waals surface area contributed by atoms with Gasteiger partial charge in [-0.05, 0) is 42.8 Å². The van der Waals surface area contributed by atoms with Crippen molar-refractivity contribution in [3.8, 4) is 0 Å². The maximum atomic E-state index is 13.1. The molecule has 4 heterocycles. The number of ketones is 1. The molecular formula is C26H31N3O8S. The fourth-order valence-corrected chi connectivity index (χ4v) is 6.43. The number of hydrogen-bond acceptors (Lipinski definition) is 9. The molecule has 0 saturated carbocycles. The highest BCUT2D eigenvalue weighted by atomic mass is 32.2. The van der Waals surface area contributed by atoms with Gasteiger partial charge in [-0.2, -0.15) is 4.31 Å². The minimum Gasteiger partial charge on any atom is -0.507 e. The number of aliphatic hydroxyl groups is 1. The Morgan fingerprint density at radius 1 is 0.921 bits per heavy atom. The first-order valence-electron chi connectivity index (χ1n) is 12.7. The van der Waals surface area contributed by atoms with Gasteiger partial charge in [0.2, 0.25) is 10.0 Å². The Kier molecular flexibility index (Phi) is 7.96. The normalized spacial score (nSPS) is 23.3. The minimum absolute atomic E-state index is 0.0714. The van der Waals surface area contributed by atoms with Crippen LogP contribution in [0.4, 0.5) is 0 Å². The van der Waals surface area contributed by atoms with Crippen molar-refractivity contribution < 1.29 is 37.0 Å². The number of rotatable bonds is 8. The molecule has 0 bridgehead atoms. The maximum Gasteiger partial charge on any atom is 0.295 e. The number of carbonyl (C=O) groups is 2. The molecule has 1 aromatic carbocycles. The number of benzene rings is 1. The summed E-state index contributed by atoms with van der Waals surface area (Å²) >= 11 is 0. The minimum atomic E-state index is -3.72. The zero-order valence-electron chi connectivity index (χ0n) is 21.0. The summed E-state index contributed by atoms with van der Waals surface area (Å²) in [5.74, 6) is -1.53. The lowest BCUT2D eigenvalue weighted by Crippen LogP contribution is -2.40. The van der Waals surface area contributed by atoms with Gasteiger partial charge in [0, 0.05) is 44.8 Å². The molecule has 1 aromatic heterocycles.